The molecule has 0 spiro atoms. The summed E-state index contributed by atoms with van der Waals surface area (Å²) >= 11 is 1.61. The molecule has 14 heavy (non-hydrogen) atoms. The quantitative estimate of drug-likeness (QED) is 0.837. The Morgan fingerprint density at radius 2 is 2.36 bits per heavy atom. The molecular formula is C9H11N3OS. The lowest BCUT2D eigenvalue weighted by atomic mass is 10.2. The summed E-state index contributed by atoms with van der Waals surface area (Å²) in [6.07, 6.45) is 0.971. The fourth-order valence-corrected chi connectivity index (χ4v) is 2.15. The van der Waals surface area contributed by atoms with Crippen LogP contribution < -0.4 is 5.73 Å². The van der Waals surface area contributed by atoms with Gasteiger partial charge in [0.1, 0.15) is 0 Å². The number of thiophene rings is 1. The van der Waals surface area contributed by atoms with Gasteiger partial charge >= 0.3 is 0 Å². The van der Waals surface area contributed by atoms with Crippen molar-refractivity contribution >= 4 is 11.3 Å². The molecule has 0 aromatic carbocycles. The van der Waals surface area contributed by atoms with E-state index in [2.05, 4.69) is 23.2 Å². The molecule has 5 heteroatoms. The van der Waals surface area contributed by atoms with Crippen molar-refractivity contribution in [3.63, 3.8) is 0 Å². The lowest BCUT2D eigenvalue weighted by molar-refractivity contribution is 0.509. The molecular weight excluding hydrogens is 198 g/mol. The zero-order chi connectivity index (χ0) is 9.97. The Balaban J connectivity index is 2.38. The van der Waals surface area contributed by atoms with Gasteiger partial charge in [0.05, 0.1) is 11.4 Å². The van der Waals surface area contributed by atoms with Crippen LogP contribution in [-0.2, 0) is 13.0 Å². The second-order valence-corrected chi connectivity index (χ2v) is 3.75. The Labute approximate surface area is 85.8 Å². The molecule has 0 saturated heterocycles. The van der Waals surface area contributed by atoms with E-state index in [1.54, 1.807) is 11.3 Å². The lowest BCUT2D eigenvalue weighted by Crippen LogP contribution is -1.95. The van der Waals surface area contributed by atoms with Crippen molar-refractivity contribution in [2.45, 2.75) is 19.9 Å². The van der Waals surface area contributed by atoms with Crippen molar-refractivity contribution < 1.29 is 4.42 Å². The summed E-state index contributed by atoms with van der Waals surface area (Å²) in [6.45, 7) is 2.39. The molecule has 0 radical (unpaired) electrons. The number of hydrogen-bond donors (Lipinski definition) is 1. The van der Waals surface area contributed by atoms with Crippen LogP contribution in [0.15, 0.2) is 15.9 Å². The fourth-order valence-electron chi connectivity index (χ4n) is 1.23. The number of nitrogens with two attached hydrogens (primary N) is 1. The van der Waals surface area contributed by atoms with Gasteiger partial charge in [-0.25, -0.2) is 0 Å². The van der Waals surface area contributed by atoms with E-state index in [1.165, 1.54) is 5.56 Å². The van der Waals surface area contributed by atoms with Crippen LogP contribution in [0.5, 0.6) is 0 Å². The smallest absolute Gasteiger partial charge is 0.258 e. The van der Waals surface area contributed by atoms with E-state index in [0.717, 1.165) is 11.3 Å². The van der Waals surface area contributed by atoms with Gasteiger partial charge in [0.2, 0.25) is 5.89 Å². The molecule has 0 unspecified atom stereocenters. The highest BCUT2D eigenvalue weighted by Crippen LogP contribution is 2.28. The van der Waals surface area contributed by atoms with E-state index in [-0.39, 0.29) is 0 Å². The maximum atomic E-state index is 5.39. The minimum Gasteiger partial charge on any atom is -0.419 e. The Hall–Kier alpha value is -1.20. The SMILES string of the molecule is CCc1ccsc1-c1nnc(CN)o1. The molecule has 0 aliphatic heterocycles. The largest absolute Gasteiger partial charge is 0.419 e. The summed E-state index contributed by atoms with van der Waals surface area (Å²) in [5.74, 6) is 1.06. The molecule has 0 aliphatic rings. The van der Waals surface area contributed by atoms with Gasteiger partial charge in [-0.2, -0.15) is 0 Å². The normalized spacial score (nSPS) is 10.7. The van der Waals surface area contributed by atoms with Crippen LogP contribution in [0.1, 0.15) is 18.4 Å². The average molecular weight is 209 g/mol. The van der Waals surface area contributed by atoms with Gasteiger partial charge in [0.15, 0.2) is 0 Å². The highest BCUT2D eigenvalue weighted by atomic mass is 32.1. The van der Waals surface area contributed by atoms with Gasteiger partial charge in [-0.05, 0) is 23.4 Å². The van der Waals surface area contributed by atoms with Crippen molar-refractivity contribution in [3.8, 4) is 10.8 Å². The first-order chi connectivity index (χ1) is 6.85. The Kier molecular flexibility index (Phi) is 2.60. The Bertz CT molecular complexity index is 421. The predicted octanol–water partition coefficient (Wildman–Crippen LogP) is 1.82. The highest BCUT2D eigenvalue weighted by Gasteiger charge is 2.12. The summed E-state index contributed by atoms with van der Waals surface area (Å²) in [4.78, 5) is 1.06. The van der Waals surface area contributed by atoms with Crippen LogP contribution >= 0.6 is 11.3 Å². The molecule has 2 N–H and O–H groups in total. The van der Waals surface area contributed by atoms with Crippen LogP contribution in [0.2, 0.25) is 0 Å². The molecule has 0 bridgehead atoms. The number of rotatable bonds is 3. The molecule has 2 heterocycles. The number of hydrogen-bond acceptors (Lipinski definition) is 5. The zero-order valence-electron chi connectivity index (χ0n) is 7.86. The van der Waals surface area contributed by atoms with Crippen molar-refractivity contribution in [2.24, 2.45) is 5.73 Å². The van der Waals surface area contributed by atoms with Gasteiger partial charge in [0.25, 0.3) is 5.89 Å². The predicted molar refractivity (Wildman–Crippen MR) is 54.9 cm³/mol. The molecule has 0 fully saturated rings. The molecule has 74 valence electrons. The summed E-state index contributed by atoms with van der Waals surface area (Å²) in [7, 11) is 0. The third-order valence-electron chi connectivity index (χ3n) is 1.96. The molecule has 0 aliphatic carbocycles. The molecule has 4 nitrogen and oxygen atoms in total. The maximum Gasteiger partial charge on any atom is 0.258 e. The van der Waals surface area contributed by atoms with E-state index < -0.39 is 0 Å². The minimum absolute atomic E-state index is 0.292. The summed E-state index contributed by atoms with van der Waals surface area (Å²) in [6, 6.07) is 2.08. The van der Waals surface area contributed by atoms with E-state index in [0.29, 0.717) is 18.3 Å². The van der Waals surface area contributed by atoms with Gasteiger partial charge < -0.3 is 10.2 Å². The third-order valence-corrected chi connectivity index (χ3v) is 2.91. The Morgan fingerprint density at radius 1 is 1.50 bits per heavy atom. The first-order valence-corrected chi connectivity index (χ1v) is 5.32. The summed E-state index contributed by atoms with van der Waals surface area (Å²) in [5.41, 5.74) is 6.63. The van der Waals surface area contributed by atoms with Crippen molar-refractivity contribution in [2.75, 3.05) is 0 Å². The number of aryl methyl sites for hydroxylation is 1. The molecule has 2 rings (SSSR count). The van der Waals surface area contributed by atoms with Crippen LogP contribution in [0, 0.1) is 0 Å². The van der Waals surface area contributed by atoms with Crippen molar-refractivity contribution in [1.29, 1.82) is 0 Å². The summed E-state index contributed by atoms with van der Waals surface area (Å²) in [5, 5.41) is 9.81. The topological polar surface area (TPSA) is 64.9 Å². The first kappa shape index (κ1) is 9.36. The molecule has 0 amide bonds. The Morgan fingerprint density at radius 3 is 3.00 bits per heavy atom. The standard InChI is InChI=1S/C9H11N3OS/c1-2-6-3-4-14-8(6)9-12-11-7(5-10)13-9/h3-4H,2,5,10H2,1H3. The first-order valence-electron chi connectivity index (χ1n) is 4.44. The van der Waals surface area contributed by atoms with E-state index >= 15 is 0 Å². The van der Waals surface area contributed by atoms with Crippen LogP contribution in [0.4, 0.5) is 0 Å². The lowest BCUT2D eigenvalue weighted by Gasteiger charge is -1.93. The fraction of sp³-hybridized carbons (Fsp3) is 0.333. The van der Waals surface area contributed by atoms with Crippen molar-refractivity contribution in [3.05, 3.63) is 22.9 Å². The summed E-state index contributed by atoms with van der Waals surface area (Å²) < 4.78 is 5.38. The molecule has 0 atom stereocenters. The van der Waals surface area contributed by atoms with Crippen LogP contribution in [0.25, 0.3) is 10.8 Å². The zero-order valence-corrected chi connectivity index (χ0v) is 8.67. The van der Waals surface area contributed by atoms with Gasteiger partial charge in [0, 0.05) is 0 Å². The van der Waals surface area contributed by atoms with Gasteiger partial charge in [-0.15, -0.1) is 21.5 Å². The third kappa shape index (κ3) is 1.56. The number of aromatic nitrogens is 2. The molecule has 2 aromatic rings. The maximum absolute atomic E-state index is 5.39. The molecule has 0 saturated carbocycles. The second kappa shape index (κ2) is 3.89. The number of nitrogens with zero attached hydrogens (tertiary/aromatic N) is 2. The van der Waals surface area contributed by atoms with Crippen LogP contribution in [0.3, 0.4) is 0 Å². The average Bonchev–Trinajstić information content (AvgIpc) is 2.85. The minimum atomic E-state index is 0.292. The monoisotopic (exact) mass is 209 g/mol. The van der Waals surface area contributed by atoms with Crippen LogP contribution in [-0.4, -0.2) is 10.2 Å². The van der Waals surface area contributed by atoms with E-state index in [4.69, 9.17) is 10.2 Å². The second-order valence-electron chi connectivity index (χ2n) is 2.83. The van der Waals surface area contributed by atoms with E-state index in [9.17, 15) is 0 Å². The molecule has 2 aromatic heterocycles. The highest BCUT2D eigenvalue weighted by molar-refractivity contribution is 7.13. The van der Waals surface area contributed by atoms with Crippen molar-refractivity contribution in [1.82, 2.24) is 10.2 Å². The van der Waals surface area contributed by atoms with Gasteiger partial charge in [-0.1, -0.05) is 6.92 Å². The van der Waals surface area contributed by atoms with E-state index in [1.807, 2.05) is 5.38 Å². The van der Waals surface area contributed by atoms with Gasteiger partial charge in [-0.3, -0.25) is 0 Å².